The first-order chi connectivity index (χ1) is 7.65. The fourth-order valence-corrected chi connectivity index (χ4v) is 1.52. The molecule has 2 rings (SSSR count). The van der Waals surface area contributed by atoms with Gasteiger partial charge in [0, 0.05) is 0 Å². The lowest BCUT2D eigenvalue weighted by molar-refractivity contribution is 0.892. The zero-order valence-electron chi connectivity index (χ0n) is 9.56. The molecule has 2 heterocycles. The maximum Gasteiger partial charge on any atom is 0.253 e. The van der Waals surface area contributed by atoms with Crippen molar-refractivity contribution < 1.29 is 0 Å². The third-order valence-electron chi connectivity index (χ3n) is 2.44. The van der Waals surface area contributed by atoms with Crippen molar-refractivity contribution in [2.75, 3.05) is 0 Å². The Labute approximate surface area is 94.4 Å². The summed E-state index contributed by atoms with van der Waals surface area (Å²) in [4.78, 5) is 8.57. The van der Waals surface area contributed by atoms with Crippen LogP contribution in [0.1, 0.15) is 30.6 Å². The summed E-state index contributed by atoms with van der Waals surface area (Å²) in [6, 6.07) is 1.93. The molecule has 0 aliphatic rings. The van der Waals surface area contributed by atoms with Gasteiger partial charge in [-0.25, -0.2) is 4.98 Å². The van der Waals surface area contributed by atoms with Crippen molar-refractivity contribution in [3.05, 3.63) is 36.4 Å². The van der Waals surface area contributed by atoms with Crippen molar-refractivity contribution in [3.63, 3.8) is 0 Å². The molecule has 4 heteroatoms. The molecule has 0 N–H and O–H groups in total. The lowest BCUT2D eigenvalue weighted by Gasteiger charge is -2.05. The van der Waals surface area contributed by atoms with Crippen molar-refractivity contribution in [2.24, 2.45) is 0 Å². The van der Waals surface area contributed by atoms with Crippen molar-refractivity contribution in [2.45, 2.75) is 20.3 Å². The summed E-state index contributed by atoms with van der Waals surface area (Å²) in [7, 11) is 0. The number of aryl methyl sites for hydroxylation is 1. The van der Waals surface area contributed by atoms with Gasteiger partial charge in [-0.1, -0.05) is 20.1 Å². The van der Waals surface area contributed by atoms with Crippen molar-refractivity contribution in [1.82, 2.24) is 19.6 Å². The standard InChI is InChI=1S/C12H14N4/c1-5-8(3)11-7-10(6-2)14-12-13-9(4)15-16(11)12/h6-7H,2-3,5H2,1,4H3. The van der Waals surface area contributed by atoms with Gasteiger partial charge in [0.25, 0.3) is 5.78 Å². The van der Waals surface area contributed by atoms with Gasteiger partial charge in [-0.2, -0.15) is 9.50 Å². The van der Waals surface area contributed by atoms with Gasteiger partial charge in [0.05, 0.1) is 11.4 Å². The number of rotatable bonds is 3. The first-order valence-corrected chi connectivity index (χ1v) is 5.20. The predicted molar refractivity (Wildman–Crippen MR) is 64.9 cm³/mol. The Balaban J connectivity index is 2.77. The van der Waals surface area contributed by atoms with Crippen LogP contribution in [0.5, 0.6) is 0 Å². The largest absolute Gasteiger partial charge is 0.253 e. The van der Waals surface area contributed by atoms with Crippen LogP contribution in [-0.2, 0) is 0 Å². The van der Waals surface area contributed by atoms with E-state index in [1.54, 1.807) is 10.6 Å². The zero-order valence-corrected chi connectivity index (χ0v) is 9.56. The van der Waals surface area contributed by atoms with Crippen molar-refractivity contribution >= 4 is 17.4 Å². The Kier molecular flexibility index (Phi) is 2.56. The maximum absolute atomic E-state index is 4.32. The summed E-state index contributed by atoms with van der Waals surface area (Å²) < 4.78 is 1.73. The number of fused-ring (bicyclic) bond motifs is 1. The van der Waals surface area contributed by atoms with E-state index >= 15 is 0 Å². The SMILES string of the molecule is C=Cc1cc(C(=C)CC)n2nc(C)nc2n1. The molecule has 0 saturated carbocycles. The Morgan fingerprint density at radius 2 is 2.25 bits per heavy atom. The van der Waals surface area contributed by atoms with Gasteiger partial charge in [0.1, 0.15) is 5.82 Å². The molecule has 0 spiro atoms. The quantitative estimate of drug-likeness (QED) is 0.788. The van der Waals surface area contributed by atoms with E-state index in [2.05, 4.69) is 35.1 Å². The molecule has 4 nitrogen and oxygen atoms in total. The molecular weight excluding hydrogens is 200 g/mol. The van der Waals surface area contributed by atoms with Crippen LogP contribution in [0, 0.1) is 6.92 Å². The number of hydrogen-bond donors (Lipinski definition) is 0. The second-order valence-corrected chi connectivity index (χ2v) is 3.60. The molecule has 0 aromatic carbocycles. The smallest absolute Gasteiger partial charge is 0.212 e. The van der Waals surface area contributed by atoms with Gasteiger partial charge in [-0.05, 0) is 31.1 Å². The second-order valence-electron chi connectivity index (χ2n) is 3.60. The Morgan fingerprint density at radius 1 is 1.50 bits per heavy atom. The van der Waals surface area contributed by atoms with Crippen LogP contribution in [-0.4, -0.2) is 19.6 Å². The molecule has 0 bridgehead atoms. The molecule has 0 aliphatic heterocycles. The van der Waals surface area contributed by atoms with E-state index in [1.165, 1.54) is 0 Å². The summed E-state index contributed by atoms with van der Waals surface area (Å²) in [6.45, 7) is 11.7. The van der Waals surface area contributed by atoms with Crippen LogP contribution in [0.25, 0.3) is 17.4 Å². The first-order valence-electron chi connectivity index (χ1n) is 5.20. The molecular formula is C12H14N4. The lowest BCUT2D eigenvalue weighted by Crippen LogP contribution is -2.01. The van der Waals surface area contributed by atoms with Gasteiger partial charge in [0.2, 0.25) is 0 Å². The molecule has 0 radical (unpaired) electrons. The number of allylic oxidation sites excluding steroid dienone is 1. The summed E-state index contributed by atoms with van der Waals surface area (Å²) in [5.41, 5.74) is 2.76. The van der Waals surface area contributed by atoms with Crippen LogP contribution in [0.3, 0.4) is 0 Å². The highest BCUT2D eigenvalue weighted by Crippen LogP contribution is 2.17. The van der Waals surface area contributed by atoms with Crippen LogP contribution >= 0.6 is 0 Å². The summed E-state index contributed by atoms with van der Waals surface area (Å²) >= 11 is 0. The summed E-state index contributed by atoms with van der Waals surface area (Å²) in [6.07, 6.45) is 2.57. The molecule has 0 amide bonds. The minimum atomic E-state index is 0.597. The first kappa shape index (κ1) is 10.5. The molecule has 0 aliphatic carbocycles. The summed E-state index contributed by atoms with van der Waals surface area (Å²) in [5, 5.41) is 4.31. The van der Waals surface area contributed by atoms with Gasteiger partial charge in [-0.3, -0.25) is 0 Å². The molecule has 2 aromatic heterocycles. The van der Waals surface area contributed by atoms with E-state index in [-0.39, 0.29) is 0 Å². The monoisotopic (exact) mass is 214 g/mol. The molecule has 0 unspecified atom stereocenters. The van der Waals surface area contributed by atoms with Gasteiger partial charge in [-0.15, -0.1) is 5.10 Å². The normalized spacial score (nSPS) is 10.6. The Hall–Kier alpha value is -1.97. The molecule has 2 aromatic rings. The third kappa shape index (κ3) is 1.62. The van der Waals surface area contributed by atoms with Crippen LogP contribution in [0.2, 0.25) is 0 Å². The molecule has 0 saturated heterocycles. The Morgan fingerprint density at radius 3 is 2.88 bits per heavy atom. The average molecular weight is 214 g/mol. The van der Waals surface area contributed by atoms with E-state index in [4.69, 9.17) is 0 Å². The van der Waals surface area contributed by atoms with Crippen molar-refractivity contribution in [1.29, 1.82) is 0 Å². The highest BCUT2D eigenvalue weighted by molar-refractivity contribution is 5.64. The molecule has 82 valence electrons. The van der Waals surface area contributed by atoms with Crippen LogP contribution in [0.15, 0.2) is 19.2 Å². The minimum absolute atomic E-state index is 0.597. The zero-order chi connectivity index (χ0) is 11.7. The molecule has 0 fully saturated rings. The van der Waals surface area contributed by atoms with E-state index in [9.17, 15) is 0 Å². The highest BCUT2D eigenvalue weighted by atomic mass is 15.3. The second kappa shape index (κ2) is 3.89. The maximum atomic E-state index is 4.32. The van der Waals surface area contributed by atoms with Gasteiger partial charge in [0.15, 0.2) is 0 Å². The summed E-state index contributed by atoms with van der Waals surface area (Å²) in [5.74, 6) is 1.30. The highest BCUT2D eigenvalue weighted by Gasteiger charge is 2.09. The van der Waals surface area contributed by atoms with Gasteiger partial charge >= 0.3 is 0 Å². The number of nitrogens with zero attached hydrogens (tertiary/aromatic N) is 4. The Bertz CT molecular complexity index is 566. The van der Waals surface area contributed by atoms with E-state index in [0.29, 0.717) is 11.6 Å². The average Bonchev–Trinajstić information content (AvgIpc) is 2.66. The minimum Gasteiger partial charge on any atom is -0.212 e. The lowest BCUT2D eigenvalue weighted by atomic mass is 10.1. The van der Waals surface area contributed by atoms with E-state index in [1.807, 2.05) is 13.0 Å². The van der Waals surface area contributed by atoms with Crippen LogP contribution in [0.4, 0.5) is 0 Å². The topological polar surface area (TPSA) is 43.1 Å². The fraction of sp³-hybridized carbons (Fsp3) is 0.250. The third-order valence-corrected chi connectivity index (χ3v) is 2.44. The van der Waals surface area contributed by atoms with Crippen molar-refractivity contribution in [3.8, 4) is 0 Å². The number of hydrogen-bond acceptors (Lipinski definition) is 3. The van der Waals surface area contributed by atoms with Crippen LogP contribution < -0.4 is 0 Å². The van der Waals surface area contributed by atoms with E-state index < -0.39 is 0 Å². The number of aromatic nitrogens is 4. The molecule has 16 heavy (non-hydrogen) atoms. The molecule has 0 atom stereocenters. The predicted octanol–water partition coefficient (Wildman–Crippen LogP) is 2.50. The van der Waals surface area contributed by atoms with E-state index in [0.717, 1.165) is 23.4 Å². The fourth-order valence-electron chi connectivity index (χ4n) is 1.52. The van der Waals surface area contributed by atoms with Gasteiger partial charge < -0.3 is 0 Å².